The van der Waals surface area contributed by atoms with E-state index in [0.29, 0.717) is 16.0 Å². The Morgan fingerprint density at radius 3 is 2.55 bits per heavy atom. The van der Waals surface area contributed by atoms with Gasteiger partial charge in [-0.3, -0.25) is 14.3 Å². The molecule has 0 saturated carbocycles. The van der Waals surface area contributed by atoms with Crippen LogP contribution in [-0.2, 0) is 4.79 Å². The Kier molecular flexibility index (Phi) is 6.70. The van der Waals surface area contributed by atoms with Gasteiger partial charge in [-0.25, -0.2) is 0 Å². The van der Waals surface area contributed by atoms with Gasteiger partial charge in [0.25, 0.3) is 0 Å². The fourth-order valence-corrected chi connectivity index (χ4v) is 4.05. The smallest absolute Gasteiger partial charge is 0.234 e. The summed E-state index contributed by atoms with van der Waals surface area (Å²) in [5, 5.41) is 12.9. The molecule has 0 saturated heterocycles. The van der Waals surface area contributed by atoms with Crippen LogP contribution in [-0.4, -0.2) is 31.4 Å². The number of carbonyl (C=O) groups excluding carboxylic acids is 1. The summed E-state index contributed by atoms with van der Waals surface area (Å²) in [5.41, 5.74) is 3.53. The Morgan fingerprint density at radius 2 is 1.84 bits per heavy atom. The van der Waals surface area contributed by atoms with E-state index in [4.69, 9.17) is 11.6 Å². The summed E-state index contributed by atoms with van der Waals surface area (Å²) in [6, 6.07) is 16.8. The molecule has 0 fully saturated rings. The molecule has 0 unspecified atom stereocenters. The average molecular weight is 515 g/mol. The maximum Gasteiger partial charge on any atom is 0.234 e. The molecule has 6 nitrogen and oxygen atoms in total. The molecule has 9 heteroatoms. The third-order valence-electron chi connectivity index (χ3n) is 4.43. The van der Waals surface area contributed by atoms with Crippen molar-refractivity contribution in [1.82, 2.24) is 19.7 Å². The zero-order valence-electron chi connectivity index (χ0n) is 16.4. The fourth-order valence-electron chi connectivity index (χ4n) is 2.92. The lowest BCUT2D eigenvalue weighted by Crippen LogP contribution is -2.14. The van der Waals surface area contributed by atoms with E-state index in [2.05, 4.69) is 36.4 Å². The number of hydrogen-bond donors (Lipinski definition) is 1. The molecule has 0 radical (unpaired) electrons. The first-order valence-electron chi connectivity index (χ1n) is 9.32. The van der Waals surface area contributed by atoms with Crippen LogP contribution in [0.4, 0.5) is 5.69 Å². The molecule has 0 aliphatic rings. The monoisotopic (exact) mass is 513 g/mol. The zero-order valence-corrected chi connectivity index (χ0v) is 19.6. The summed E-state index contributed by atoms with van der Waals surface area (Å²) < 4.78 is 2.91. The maximum absolute atomic E-state index is 12.5. The molecule has 4 rings (SSSR count). The van der Waals surface area contributed by atoms with Crippen molar-refractivity contribution in [3.05, 3.63) is 82.0 Å². The highest BCUT2D eigenvalue weighted by Crippen LogP contribution is 2.28. The second-order valence-corrected chi connectivity index (χ2v) is 8.89. The van der Waals surface area contributed by atoms with Crippen molar-refractivity contribution in [3.8, 4) is 17.1 Å². The molecule has 0 aliphatic heterocycles. The van der Waals surface area contributed by atoms with Crippen LogP contribution in [0.15, 0.2) is 76.6 Å². The largest absolute Gasteiger partial charge is 0.325 e. The maximum atomic E-state index is 12.5. The molecular formula is C22H17BrClN5OS. The summed E-state index contributed by atoms with van der Waals surface area (Å²) in [6.07, 6.45) is 3.41. The van der Waals surface area contributed by atoms with Gasteiger partial charge in [0.1, 0.15) is 0 Å². The van der Waals surface area contributed by atoms with Crippen LogP contribution in [0, 0.1) is 6.92 Å². The van der Waals surface area contributed by atoms with E-state index < -0.39 is 0 Å². The molecule has 0 spiro atoms. The van der Waals surface area contributed by atoms with Gasteiger partial charge in [-0.2, -0.15) is 0 Å². The first-order valence-corrected chi connectivity index (χ1v) is 11.5. The number of aryl methyl sites for hydroxylation is 1. The van der Waals surface area contributed by atoms with Crippen molar-refractivity contribution in [2.45, 2.75) is 12.1 Å². The van der Waals surface area contributed by atoms with Gasteiger partial charge in [0, 0.05) is 38.8 Å². The number of nitrogens with one attached hydrogen (secondary N) is 1. The molecule has 2 aromatic heterocycles. The van der Waals surface area contributed by atoms with E-state index in [1.54, 1.807) is 12.4 Å². The predicted octanol–water partition coefficient (Wildman–Crippen LogP) is 5.78. The summed E-state index contributed by atoms with van der Waals surface area (Å²) in [6.45, 7) is 1.98. The molecule has 2 heterocycles. The Bertz CT molecular complexity index is 1210. The van der Waals surface area contributed by atoms with E-state index in [1.807, 2.05) is 66.1 Å². The summed E-state index contributed by atoms with van der Waals surface area (Å²) in [7, 11) is 0. The number of rotatable bonds is 6. The molecule has 0 aliphatic carbocycles. The van der Waals surface area contributed by atoms with Crippen molar-refractivity contribution in [2.75, 3.05) is 11.1 Å². The van der Waals surface area contributed by atoms with Gasteiger partial charge in [0.05, 0.1) is 5.75 Å². The van der Waals surface area contributed by atoms with Crippen molar-refractivity contribution < 1.29 is 4.79 Å². The highest BCUT2D eigenvalue weighted by molar-refractivity contribution is 9.10. The van der Waals surface area contributed by atoms with Crippen LogP contribution in [0.1, 0.15) is 5.56 Å². The zero-order chi connectivity index (χ0) is 21.8. The highest BCUT2D eigenvalue weighted by atomic mass is 79.9. The number of halogens is 2. The predicted molar refractivity (Wildman–Crippen MR) is 128 cm³/mol. The molecule has 0 atom stereocenters. The number of thioether (sulfide) groups is 1. The lowest BCUT2D eigenvalue weighted by molar-refractivity contribution is -0.113. The number of pyridine rings is 1. The Labute approximate surface area is 197 Å². The first kappa shape index (κ1) is 21.5. The van der Waals surface area contributed by atoms with Crippen LogP contribution in [0.25, 0.3) is 17.1 Å². The van der Waals surface area contributed by atoms with E-state index in [0.717, 1.165) is 27.0 Å². The molecule has 1 amide bonds. The van der Waals surface area contributed by atoms with Crippen LogP contribution < -0.4 is 5.32 Å². The molecule has 4 aromatic rings. The second-order valence-electron chi connectivity index (χ2n) is 6.65. The Hall–Kier alpha value is -2.68. The quantitative estimate of drug-likeness (QED) is 0.330. The molecule has 31 heavy (non-hydrogen) atoms. The summed E-state index contributed by atoms with van der Waals surface area (Å²) in [5.74, 6) is 0.732. The van der Waals surface area contributed by atoms with E-state index in [-0.39, 0.29) is 11.7 Å². The number of amides is 1. The van der Waals surface area contributed by atoms with Gasteiger partial charge in [0.15, 0.2) is 11.0 Å². The van der Waals surface area contributed by atoms with E-state index in [9.17, 15) is 4.79 Å². The van der Waals surface area contributed by atoms with Crippen LogP contribution in [0.5, 0.6) is 0 Å². The van der Waals surface area contributed by atoms with Gasteiger partial charge < -0.3 is 5.32 Å². The van der Waals surface area contributed by atoms with Gasteiger partial charge >= 0.3 is 0 Å². The number of aromatic nitrogens is 4. The van der Waals surface area contributed by atoms with E-state index in [1.165, 1.54) is 11.8 Å². The van der Waals surface area contributed by atoms with Crippen LogP contribution >= 0.6 is 39.3 Å². The fraction of sp³-hybridized carbons (Fsp3) is 0.0909. The normalized spacial score (nSPS) is 10.8. The average Bonchev–Trinajstić information content (AvgIpc) is 3.20. The first-order chi connectivity index (χ1) is 15.0. The topological polar surface area (TPSA) is 72.7 Å². The minimum Gasteiger partial charge on any atom is -0.325 e. The molecule has 1 N–H and O–H groups in total. The van der Waals surface area contributed by atoms with Gasteiger partial charge in [-0.15, -0.1) is 10.2 Å². The summed E-state index contributed by atoms with van der Waals surface area (Å²) in [4.78, 5) is 16.6. The van der Waals surface area contributed by atoms with Crippen LogP contribution in [0.3, 0.4) is 0 Å². The number of benzene rings is 2. The minimum atomic E-state index is -0.122. The van der Waals surface area contributed by atoms with Crippen LogP contribution in [0.2, 0.25) is 5.02 Å². The van der Waals surface area contributed by atoms with Gasteiger partial charge in [0.2, 0.25) is 5.91 Å². The summed E-state index contributed by atoms with van der Waals surface area (Å²) >= 11 is 10.8. The van der Waals surface area contributed by atoms with Crippen molar-refractivity contribution in [1.29, 1.82) is 0 Å². The van der Waals surface area contributed by atoms with Gasteiger partial charge in [-0.05, 0) is 67.1 Å². The number of anilines is 1. The third-order valence-corrected chi connectivity index (χ3v) is 6.50. The van der Waals surface area contributed by atoms with Crippen molar-refractivity contribution in [3.63, 3.8) is 0 Å². The lowest BCUT2D eigenvalue weighted by Gasteiger charge is -2.11. The number of hydrogen-bond acceptors (Lipinski definition) is 5. The lowest BCUT2D eigenvalue weighted by atomic mass is 10.2. The Morgan fingerprint density at radius 1 is 1.10 bits per heavy atom. The number of nitrogens with zero attached hydrogens (tertiary/aromatic N) is 4. The standard InChI is InChI=1S/C22H17BrClN5OS/c1-14-12-17(4-7-19(14)23)26-20(30)13-31-22-28-27-21(15-8-10-25-11-9-15)29(22)18-5-2-16(24)3-6-18/h2-12H,13H2,1H3,(H,26,30). The molecule has 0 bridgehead atoms. The number of carbonyl (C=O) groups is 1. The molecular weight excluding hydrogens is 498 g/mol. The second kappa shape index (κ2) is 9.64. The molecule has 156 valence electrons. The highest BCUT2D eigenvalue weighted by Gasteiger charge is 2.17. The van der Waals surface area contributed by atoms with Crippen molar-refractivity contribution >= 4 is 50.9 Å². The molecule has 2 aromatic carbocycles. The minimum absolute atomic E-state index is 0.122. The van der Waals surface area contributed by atoms with E-state index >= 15 is 0 Å². The Balaban J connectivity index is 1.57. The van der Waals surface area contributed by atoms with Gasteiger partial charge in [-0.1, -0.05) is 39.3 Å². The third kappa shape index (κ3) is 5.15. The van der Waals surface area contributed by atoms with Crippen molar-refractivity contribution in [2.24, 2.45) is 0 Å². The SMILES string of the molecule is Cc1cc(NC(=O)CSc2nnc(-c3ccncc3)n2-c2ccc(Cl)cc2)ccc1Br.